The molecular formula is C23H32FIN4O2S. The molecular weight excluding hydrogens is 542 g/mol. The van der Waals surface area contributed by atoms with E-state index in [1.165, 1.54) is 36.6 Å². The molecule has 0 bridgehead atoms. The second-order valence-corrected chi connectivity index (χ2v) is 9.64. The Morgan fingerprint density at radius 1 is 1.06 bits per heavy atom. The van der Waals surface area contributed by atoms with Crippen LogP contribution in [0.2, 0.25) is 0 Å². The Hall–Kier alpha value is -1.72. The van der Waals surface area contributed by atoms with Crippen molar-refractivity contribution in [3.05, 3.63) is 66.0 Å². The molecule has 1 atom stereocenters. The van der Waals surface area contributed by atoms with Crippen molar-refractivity contribution in [2.24, 2.45) is 4.99 Å². The van der Waals surface area contributed by atoms with Gasteiger partial charge in [-0.3, -0.25) is 9.89 Å². The molecule has 1 unspecified atom stereocenters. The molecule has 2 aromatic carbocycles. The van der Waals surface area contributed by atoms with E-state index in [-0.39, 0.29) is 47.2 Å². The number of nitrogens with one attached hydrogen (secondary N) is 2. The standard InChI is InChI=1S/C23H31FN4O2S.HI/c1-2-25-23(26-14-17-31(29,30)22-13-7-6-12-20(22)24)27-18-21(28-15-8-9-16-28)19-10-4-3-5-11-19;/h3-7,10-13,21H,2,8-9,14-18H2,1H3,(H2,25,26,27);1H. The number of halogens is 2. The molecule has 0 aromatic heterocycles. The van der Waals surface area contributed by atoms with Crippen LogP contribution in [0.5, 0.6) is 0 Å². The van der Waals surface area contributed by atoms with E-state index >= 15 is 0 Å². The summed E-state index contributed by atoms with van der Waals surface area (Å²) in [7, 11) is -3.72. The van der Waals surface area contributed by atoms with Crippen LogP contribution in [0.4, 0.5) is 4.39 Å². The smallest absolute Gasteiger partial charge is 0.191 e. The van der Waals surface area contributed by atoms with E-state index in [0.717, 1.165) is 19.2 Å². The molecule has 1 aliphatic rings. The van der Waals surface area contributed by atoms with Crippen LogP contribution in [-0.2, 0) is 9.84 Å². The Morgan fingerprint density at radius 2 is 1.72 bits per heavy atom. The minimum absolute atomic E-state index is 0. The minimum atomic E-state index is -3.72. The molecule has 176 valence electrons. The Labute approximate surface area is 207 Å². The lowest BCUT2D eigenvalue weighted by molar-refractivity contribution is 0.251. The molecule has 0 spiro atoms. The van der Waals surface area contributed by atoms with Gasteiger partial charge < -0.3 is 10.6 Å². The van der Waals surface area contributed by atoms with Crippen molar-refractivity contribution in [2.75, 3.05) is 38.5 Å². The fourth-order valence-corrected chi connectivity index (χ4v) is 5.03. The van der Waals surface area contributed by atoms with Crippen LogP contribution in [0.25, 0.3) is 0 Å². The van der Waals surface area contributed by atoms with Crippen molar-refractivity contribution in [3.63, 3.8) is 0 Å². The minimum Gasteiger partial charge on any atom is -0.357 e. The Kier molecular flexibility index (Phi) is 10.9. The summed E-state index contributed by atoms with van der Waals surface area (Å²) in [5.74, 6) is -0.377. The number of benzene rings is 2. The molecule has 9 heteroatoms. The predicted molar refractivity (Wildman–Crippen MR) is 138 cm³/mol. The lowest BCUT2D eigenvalue weighted by Gasteiger charge is -2.27. The number of sulfone groups is 1. The van der Waals surface area contributed by atoms with Crippen LogP contribution in [0.1, 0.15) is 31.4 Å². The number of guanidine groups is 1. The van der Waals surface area contributed by atoms with Crippen molar-refractivity contribution in [3.8, 4) is 0 Å². The molecule has 1 aliphatic heterocycles. The summed E-state index contributed by atoms with van der Waals surface area (Å²) in [6.45, 7) is 5.44. The van der Waals surface area contributed by atoms with Gasteiger partial charge in [-0.05, 0) is 50.6 Å². The Balaban J connectivity index is 0.00000363. The maximum Gasteiger partial charge on any atom is 0.191 e. The monoisotopic (exact) mass is 574 g/mol. The first-order valence-electron chi connectivity index (χ1n) is 10.8. The van der Waals surface area contributed by atoms with Crippen molar-refractivity contribution in [1.29, 1.82) is 0 Å². The third kappa shape index (κ3) is 7.41. The van der Waals surface area contributed by atoms with Crippen LogP contribution < -0.4 is 10.6 Å². The number of rotatable bonds is 9. The number of aliphatic imine (C=N–C) groups is 1. The summed E-state index contributed by atoms with van der Waals surface area (Å²) in [5.41, 5.74) is 1.23. The van der Waals surface area contributed by atoms with Gasteiger partial charge in [0.25, 0.3) is 0 Å². The van der Waals surface area contributed by atoms with Gasteiger partial charge in [-0.2, -0.15) is 0 Å². The van der Waals surface area contributed by atoms with Crippen LogP contribution in [0.15, 0.2) is 64.5 Å². The van der Waals surface area contributed by atoms with Crippen molar-refractivity contribution < 1.29 is 12.8 Å². The second-order valence-electron chi connectivity index (χ2n) is 7.57. The zero-order valence-corrected chi connectivity index (χ0v) is 21.5. The normalized spacial score (nSPS) is 15.8. The van der Waals surface area contributed by atoms with Crippen LogP contribution >= 0.6 is 24.0 Å². The highest BCUT2D eigenvalue weighted by atomic mass is 127. The molecule has 1 fully saturated rings. The number of likely N-dealkylation sites (tertiary alicyclic amines) is 1. The highest BCUT2D eigenvalue weighted by Crippen LogP contribution is 2.25. The van der Waals surface area contributed by atoms with Crippen LogP contribution in [-0.4, -0.2) is 57.8 Å². The fraction of sp³-hybridized carbons (Fsp3) is 0.435. The Morgan fingerprint density at radius 3 is 2.38 bits per heavy atom. The molecule has 32 heavy (non-hydrogen) atoms. The van der Waals surface area contributed by atoms with E-state index in [4.69, 9.17) is 4.99 Å². The first-order chi connectivity index (χ1) is 15.0. The molecule has 0 amide bonds. The van der Waals surface area contributed by atoms with Gasteiger partial charge in [0.05, 0.1) is 18.3 Å². The summed E-state index contributed by atoms with van der Waals surface area (Å²) in [4.78, 5) is 6.91. The number of hydrogen-bond acceptors (Lipinski definition) is 4. The van der Waals surface area contributed by atoms with Crippen molar-refractivity contribution >= 4 is 39.8 Å². The summed E-state index contributed by atoms with van der Waals surface area (Å²) in [5, 5.41) is 6.25. The lowest BCUT2D eigenvalue weighted by atomic mass is 10.1. The fourth-order valence-electron chi connectivity index (χ4n) is 3.79. The zero-order chi connectivity index (χ0) is 22.1. The second kappa shape index (κ2) is 13.1. The first-order valence-corrected chi connectivity index (χ1v) is 12.4. The van der Waals surface area contributed by atoms with Gasteiger partial charge in [-0.25, -0.2) is 12.8 Å². The maximum absolute atomic E-state index is 13.9. The SMILES string of the molecule is CCNC(=NCC(c1ccccc1)N1CCCC1)NCCS(=O)(=O)c1ccccc1F.I. The summed E-state index contributed by atoms with van der Waals surface area (Å²) in [6, 6.07) is 16.0. The van der Waals surface area contributed by atoms with Gasteiger partial charge in [0.1, 0.15) is 10.7 Å². The molecule has 0 radical (unpaired) electrons. The third-order valence-corrected chi connectivity index (χ3v) is 7.11. The highest BCUT2D eigenvalue weighted by Gasteiger charge is 2.23. The van der Waals surface area contributed by atoms with Crippen molar-refractivity contribution in [1.82, 2.24) is 15.5 Å². The van der Waals surface area contributed by atoms with Gasteiger partial charge >= 0.3 is 0 Å². The van der Waals surface area contributed by atoms with Crippen molar-refractivity contribution in [2.45, 2.75) is 30.7 Å². The maximum atomic E-state index is 13.9. The summed E-state index contributed by atoms with van der Waals surface area (Å²) >= 11 is 0. The molecule has 0 saturated carbocycles. The largest absolute Gasteiger partial charge is 0.357 e. The van der Waals surface area contributed by atoms with Crippen LogP contribution in [0.3, 0.4) is 0 Å². The van der Waals surface area contributed by atoms with Gasteiger partial charge in [0, 0.05) is 13.1 Å². The highest BCUT2D eigenvalue weighted by molar-refractivity contribution is 14.0. The molecule has 1 saturated heterocycles. The van der Waals surface area contributed by atoms with Gasteiger partial charge in [0.15, 0.2) is 15.8 Å². The third-order valence-electron chi connectivity index (χ3n) is 5.37. The van der Waals surface area contributed by atoms with Gasteiger partial charge in [0.2, 0.25) is 0 Å². The molecule has 3 rings (SSSR count). The van der Waals surface area contributed by atoms with E-state index in [1.807, 2.05) is 25.1 Å². The van der Waals surface area contributed by atoms with Crippen LogP contribution in [0, 0.1) is 5.82 Å². The predicted octanol–water partition coefficient (Wildman–Crippen LogP) is 3.61. The molecule has 6 nitrogen and oxygen atoms in total. The van der Waals surface area contributed by atoms with E-state index in [2.05, 4.69) is 27.7 Å². The quantitative estimate of drug-likeness (QED) is 0.272. The summed E-state index contributed by atoms with van der Waals surface area (Å²) < 4.78 is 38.8. The zero-order valence-electron chi connectivity index (χ0n) is 18.3. The van der Waals surface area contributed by atoms with E-state index < -0.39 is 15.7 Å². The average molecular weight is 575 g/mol. The van der Waals surface area contributed by atoms with E-state index in [1.54, 1.807) is 0 Å². The molecule has 2 aromatic rings. The number of nitrogens with zero attached hydrogens (tertiary/aromatic N) is 2. The topological polar surface area (TPSA) is 73.8 Å². The van der Waals surface area contributed by atoms with E-state index in [0.29, 0.717) is 19.0 Å². The van der Waals surface area contributed by atoms with Gasteiger partial charge in [-0.1, -0.05) is 42.5 Å². The molecule has 2 N–H and O–H groups in total. The summed E-state index contributed by atoms with van der Waals surface area (Å²) in [6.07, 6.45) is 2.39. The molecule has 0 aliphatic carbocycles. The first kappa shape index (κ1) is 26.5. The van der Waals surface area contributed by atoms with Gasteiger partial charge in [-0.15, -0.1) is 24.0 Å². The van der Waals surface area contributed by atoms with E-state index in [9.17, 15) is 12.8 Å². The lowest BCUT2D eigenvalue weighted by Crippen LogP contribution is -2.40. The average Bonchev–Trinajstić information content (AvgIpc) is 3.29. The Bertz CT molecular complexity index is 967. The molecule has 1 heterocycles. The number of hydrogen-bond donors (Lipinski definition) is 2.